The molecule has 0 aromatic heterocycles. The van der Waals surface area contributed by atoms with E-state index in [0.717, 1.165) is 12.1 Å². The molecule has 0 heterocycles. The highest BCUT2D eigenvalue weighted by Gasteiger charge is 2.36. The third-order valence-electron chi connectivity index (χ3n) is 2.86. The van der Waals surface area contributed by atoms with E-state index in [4.69, 9.17) is 5.11 Å². The minimum atomic E-state index is -4.95. The first-order chi connectivity index (χ1) is 9.51. The molecule has 0 spiro atoms. The Morgan fingerprint density at radius 3 is 2.00 bits per heavy atom. The standard InChI is InChI=1S/C13H6F6O2/c14-12(15,16)6-4-8-7(9(5-6)11(20)21)2-1-3-10(8)13(17,18)19/h1-5H,(H,20,21). The van der Waals surface area contributed by atoms with Gasteiger partial charge in [0.05, 0.1) is 16.7 Å². The number of fused-ring (bicyclic) bond motifs is 1. The molecule has 0 bridgehead atoms. The van der Waals surface area contributed by atoms with Gasteiger partial charge in [0, 0.05) is 0 Å². The van der Waals surface area contributed by atoms with Crippen molar-refractivity contribution in [2.45, 2.75) is 12.4 Å². The zero-order valence-corrected chi connectivity index (χ0v) is 10.0. The van der Waals surface area contributed by atoms with Gasteiger partial charge < -0.3 is 5.11 Å². The van der Waals surface area contributed by atoms with Gasteiger partial charge in [-0.2, -0.15) is 26.3 Å². The first kappa shape index (κ1) is 15.1. The Bertz CT molecular complexity index is 715. The lowest BCUT2D eigenvalue weighted by Gasteiger charge is -2.14. The highest BCUT2D eigenvalue weighted by atomic mass is 19.4. The molecule has 2 aromatic carbocycles. The van der Waals surface area contributed by atoms with Crippen LogP contribution in [-0.2, 0) is 12.4 Å². The molecule has 1 N–H and O–H groups in total. The van der Waals surface area contributed by atoms with E-state index >= 15 is 0 Å². The molecule has 2 aromatic rings. The number of aromatic carboxylic acids is 1. The molecule has 112 valence electrons. The van der Waals surface area contributed by atoms with Crippen LogP contribution >= 0.6 is 0 Å². The molecular weight excluding hydrogens is 302 g/mol. The van der Waals surface area contributed by atoms with E-state index in [9.17, 15) is 31.1 Å². The fourth-order valence-electron chi connectivity index (χ4n) is 1.97. The number of alkyl halides is 6. The van der Waals surface area contributed by atoms with Crippen LogP contribution in [0.4, 0.5) is 26.3 Å². The van der Waals surface area contributed by atoms with Gasteiger partial charge in [0.2, 0.25) is 0 Å². The predicted molar refractivity (Wildman–Crippen MR) is 60.9 cm³/mol. The average Bonchev–Trinajstić information content (AvgIpc) is 2.34. The second-order valence-electron chi connectivity index (χ2n) is 4.23. The van der Waals surface area contributed by atoms with Gasteiger partial charge in [-0.25, -0.2) is 4.79 Å². The molecular formula is C13H6F6O2. The lowest BCUT2D eigenvalue weighted by atomic mass is 9.96. The lowest BCUT2D eigenvalue weighted by molar-refractivity contribution is -0.139. The SMILES string of the molecule is O=C(O)c1cc(C(F)(F)F)cc2c(C(F)(F)F)cccc12. The van der Waals surface area contributed by atoms with E-state index in [1.54, 1.807) is 0 Å². The number of carbonyl (C=O) groups is 1. The van der Waals surface area contributed by atoms with E-state index in [-0.39, 0.29) is 0 Å². The summed E-state index contributed by atoms with van der Waals surface area (Å²) in [6.45, 7) is 0. The van der Waals surface area contributed by atoms with Crippen molar-refractivity contribution in [3.8, 4) is 0 Å². The maximum atomic E-state index is 12.9. The van der Waals surface area contributed by atoms with E-state index < -0.39 is 45.8 Å². The van der Waals surface area contributed by atoms with Crippen molar-refractivity contribution >= 4 is 16.7 Å². The van der Waals surface area contributed by atoms with Crippen molar-refractivity contribution in [1.82, 2.24) is 0 Å². The highest BCUT2D eigenvalue weighted by molar-refractivity contribution is 6.05. The number of carboxylic acids is 1. The lowest BCUT2D eigenvalue weighted by Crippen LogP contribution is -2.11. The predicted octanol–water partition coefficient (Wildman–Crippen LogP) is 4.58. The van der Waals surface area contributed by atoms with E-state index in [2.05, 4.69) is 0 Å². The Kier molecular flexibility index (Phi) is 3.35. The van der Waals surface area contributed by atoms with Crippen LogP contribution in [0.5, 0.6) is 0 Å². The van der Waals surface area contributed by atoms with Crippen LogP contribution < -0.4 is 0 Å². The molecule has 0 aliphatic rings. The summed E-state index contributed by atoms with van der Waals surface area (Å²) in [5.74, 6) is -1.73. The van der Waals surface area contributed by atoms with Crippen LogP contribution in [0.3, 0.4) is 0 Å². The fraction of sp³-hybridized carbons (Fsp3) is 0.154. The largest absolute Gasteiger partial charge is 0.478 e. The van der Waals surface area contributed by atoms with Crippen LogP contribution in [0.2, 0.25) is 0 Å². The van der Waals surface area contributed by atoms with Crippen LogP contribution in [0.15, 0.2) is 30.3 Å². The number of hydrogen-bond acceptors (Lipinski definition) is 1. The molecule has 0 saturated carbocycles. The fourth-order valence-corrected chi connectivity index (χ4v) is 1.97. The molecule has 0 atom stereocenters. The number of benzene rings is 2. The molecule has 0 unspecified atom stereocenters. The summed E-state index contributed by atoms with van der Waals surface area (Å²) in [5.41, 5.74) is -3.58. The zero-order valence-electron chi connectivity index (χ0n) is 10.0. The van der Waals surface area contributed by atoms with E-state index in [0.29, 0.717) is 18.2 Å². The van der Waals surface area contributed by atoms with Gasteiger partial charge in [-0.3, -0.25) is 0 Å². The monoisotopic (exact) mass is 308 g/mol. The number of rotatable bonds is 1. The maximum Gasteiger partial charge on any atom is 0.417 e. The Balaban J connectivity index is 2.94. The summed E-state index contributed by atoms with van der Waals surface area (Å²) in [6, 6.07) is 3.22. The number of hydrogen-bond donors (Lipinski definition) is 1. The summed E-state index contributed by atoms with van der Waals surface area (Å²) in [6.07, 6.45) is -9.84. The van der Waals surface area contributed by atoms with Crippen LogP contribution in [0, 0.1) is 0 Å². The third-order valence-corrected chi connectivity index (χ3v) is 2.86. The Hall–Kier alpha value is -2.25. The molecule has 0 aliphatic heterocycles. The molecule has 2 nitrogen and oxygen atoms in total. The van der Waals surface area contributed by atoms with Crippen molar-refractivity contribution in [3.05, 3.63) is 47.0 Å². The molecule has 0 amide bonds. The second-order valence-corrected chi connectivity index (χ2v) is 4.23. The van der Waals surface area contributed by atoms with Crippen molar-refractivity contribution in [2.75, 3.05) is 0 Å². The van der Waals surface area contributed by atoms with E-state index in [1.165, 1.54) is 0 Å². The Labute approximate surface area is 113 Å². The topological polar surface area (TPSA) is 37.3 Å². The van der Waals surface area contributed by atoms with Crippen molar-refractivity contribution in [3.63, 3.8) is 0 Å². The number of halogens is 6. The maximum absolute atomic E-state index is 12.9. The summed E-state index contributed by atoms with van der Waals surface area (Å²) >= 11 is 0. The molecule has 2 rings (SSSR count). The molecule has 8 heteroatoms. The van der Waals surface area contributed by atoms with Gasteiger partial charge >= 0.3 is 18.3 Å². The molecule has 0 fully saturated rings. The summed E-state index contributed by atoms with van der Waals surface area (Å²) in [4.78, 5) is 11.0. The van der Waals surface area contributed by atoms with Crippen molar-refractivity contribution < 1.29 is 36.2 Å². The van der Waals surface area contributed by atoms with Crippen LogP contribution in [0.1, 0.15) is 21.5 Å². The first-order valence-electron chi connectivity index (χ1n) is 5.46. The van der Waals surface area contributed by atoms with Gasteiger partial charge in [0.1, 0.15) is 0 Å². The summed E-state index contributed by atoms with van der Waals surface area (Å²) in [7, 11) is 0. The summed E-state index contributed by atoms with van der Waals surface area (Å²) in [5, 5.41) is 7.73. The second kappa shape index (κ2) is 4.64. The van der Waals surface area contributed by atoms with Gasteiger partial charge in [0.15, 0.2) is 0 Å². The normalized spacial score (nSPS) is 12.7. The van der Waals surface area contributed by atoms with E-state index in [1.807, 2.05) is 0 Å². The Morgan fingerprint density at radius 2 is 1.52 bits per heavy atom. The molecule has 0 radical (unpaired) electrons. The molecule has 0 aliphatic carbocycles. The Morgan fingerprint density at radius 1 is 0.905 bits per heavy atom. The van der Waals surface area contributed by atoms with Gasteiger partial charge in [-0.1, -0.05) is 12.1 Å². The zero-order chi connectivity index (χ0) is 16.0. The smallest absolute Gasteiger partial charge is 0.417 e. The third kappa shape index (κ3) is 2.79. The van der Waals surface area contributed by atoms with Crippen LogP contribution in [0.25, 0.3) is 10.8 Å². The minimum absolute atomic E-state index is 0.310. The summed E-state index contributed by atoms with van der Waals surface area (Å²) < 4.78 is 76.7. The van der Waals surface area contributed by atoms with Crippen molar-refractivity contribution in [2.24, 2.45) is 0 Å². The highest BCUT2D eigenvalue weighted by Crippen LogP contribution is 2.39. The van der Waals surface area contributed by atoms with Crippen LogP contribution in [-0.4, -0.2) is 11.1 Å². The molecule has 21 heavy (non-hydrogen) atoms. The molecule has 0 saturated heterocycles. The van der Waals surface area contributed by atoms with Gasteiger partial charge in [0.25, 0.3) is 0 Å². The quantitative estimate of drug-likeness (QED) is 0.783. The average molecular weight is 308 g/mol. The minimum Gasteiger partial charge on any atom is -0.478 e. The van der Waals surface area contributed by atoms with Gasteiger partial charge in [-0.15, -0.1) is 0 Å². The van der Waals surface area contributed by atoms with Gasteiger partial charge in [-0.05, 0) is 29.0 Å². The van der Waals surface area contributed by atoms with Crippen molar-refractivity contribution in [1.29, 1.82) is 0 Å². The first-order valence-corrected chi connectivity index (χ1v) is 5.46. The number of carboxylic acid groups (broad SMARTS) is 1.